The summed E-state index contributed by atoms with van der Waals surface area (Å²) < 4.78 is 5.18. The molecule has 1 heterocycles. The lowest BCUT2D eigenvalue weighted by atomic mass is 10.1. The van der Waals surface area contributed by atoms with Crippen LogP contribution in [0.2, 0.25) is 0 Å². The van der Waals surface area contributed by atoms with Crippen molar-refractivity contribution in [2.24, 2.45) is 0 Å². The highest BCUT2D eigenvalue weighted by Crippen LogP contribution is 2.13. The maximum Gasteiger partial charge on any atom is 0.305 e. The Morgan fingerprint density at radius 3 is 2.55 bits per heavy atom. The molecule has 0 saturated heterocycles. The summed E-state index contributed by atoms with van der Waals surface area (Å²) in [5, 5.41) is 11.9. The Hall–Kier alpha value is -2.60. The van der Waals surface area contributed by atoms with Crippen LogP contribution in [0.25, 0.3) is 0 Å². The highest BCUT2D eigenvalue weighted by atomic mass is 16.4. The minimum atomic E-state index is -1.04. The minimum Gasteiger partial charge on any atom is -0.481 e. The zero-order valence-electron chi connectivity index (χ0n) is 12.2. The lowest BCUT2D eigenvalue weighted by molar-refractivity contribution is -0.139. The first kappa shape index (κ1) is 15.8. The van der Waals surface area contributed by atoms with E-state index in [9.17, 15) is 9.59 Å². The number of hydrogen-bond donors (Lipinski definition) is 2. The van der Waals surface area contributed by atoms with Crippen molar-refractivity contribution in [1.82, 2.24) is 5.32 Å². The zero-order valence-corrected chi connectivity index (χ0v) is 12.2. The molecule has 0 aliphatic heterocycles. The van der Waals surface area contributed by atoms with Crippen molar-refractivity contribution in [3.63, 3.8) is 0 Å². The van der Waals surface area contributed by atoms with Crippen LogP contribution >= 0.6 is 0 Å². The third kappa shape index (κ3) is 4.20. The van der Waals surface area contributed by atoms with Gasteiger partial charge in [-0.15, -0.1) is 0 Å². The van der Waals surface area contributed by atoms with Crippen LogP contribution in [0.5, 0.6) is 0 Å². The van der Waals surface area contributed by atoms with Crippen molar-refractivity contribution >= 4 is 17.6 Å². The maximum atomic E-state index is 12.5. The van der Waals surface area contributed by atoms with Gasteiger partial charge in [0.05, 0.1) is 25.3 Å². The molecule has 1 aromatic carbocycles. The van der Waals surface area contributed by atoms with Gasteiger partial charge in [-0.2, -0.15) is 0 Å². The first-order valence-electron chi connectivity index (χ1n) is 6.88. The number of likely N-dealkylation sites (N-methyl/N-ethyl adjacent to an activating group) is 1. The Bertz CT molecular complexity index is 610. The predicted molar refractivity (Wildman–Crippen MR) is 81.4 cm³/mol. The molecule has 1 atom stereocenters. The van der Waals surface area contributed by atoms with Crippen molar-refractivity contribution in [2.75, 3.05) is 11.9 Å². The number of carbonyl (C=O) groups is 2. The smallest absolute Gasteiger partial charge is 0.305 e. The van der Waals surface area contributed by atoms with Gasteiger partial charge < -0.3 is 14.4 Å². The highest BCUT2D eigenvalue weighted by molar-refractivity contribution is 5.98. The largest absolute Gasteiger partial charge is 0.481 e. The van der Waals surface area contributed by atoms with Gasteiger partial charge >= 0.3 is 5.97 Å². The fraction of sp³-hybridized carbons (Fsp3) is 0.250. The van der Waals surface area contributed by atoms with Gasteiger partial charge in [-0.1, -0.05) is 18.2 Å². The van der Waals surface area contributed by atoms with Crippen molar-refractivity contribution in [2.45, 2.75) is 19.0 Å². The molecule has 116 valence electrons. The van der Waals surface area contributed by atoms with Crippen LogP contribution in [0.4, 0.5) is 5.69 Å². The monoisotopic (exact) mass is 302 g/mol. The summed E-state index contributed by atoms with van der Waals surface area (Å²) in [6.07, 6.45) is 1.23. The van der Waals surface area contributed by atoms with E-state index in [2.05, 4.69) is 5.32 Å². The number of para-hydroxylation sites is 1. The Morgan fingerprint density at radius 2 is 1.95 bits per heavy atom. The average Bonchev–Trinajstić information content (AvgIpc) is 3.04. The number of anilines is 1. The van der Waals surface area contributed by atoms with Gasteiger partial charge in [0, 0.05) is 12.7 Å². The van der Waals surface area contributed by atoms with E-state index in [-0.39, 0.29) is 12.3 Å². The van der Waals surface area contributed by atoms with E-state index >= 15 is 0 Å². The number of nitrogens with zero attached hydrogens (tertiary/aromatic N) is 1. The molecule has 0 aliphatic rings. The second kappa shape index (κ2) is 7.42. The fourth-order valence-electron chi connectivity index (χ4n) is 2.07. The quantitative estimate of drug-likeness (QED) is 0.816. The molecule has 2 rings (SSSR count). The molecular weight excluding hydrogens is 284 g/mol. The van der Waals surface area contributed by atoms with Crippen LogP contribution in [-0.2, 0) is 16.1 Å². The Kier molecular flexibility index (Phi) is 5.32. The molecule has 6 heteroatoms. The van der Waals surface area contributed by atoms with Gasteiger partial charge in [0.1, 0.15) is 5.76 Å². The minimum absolute atomic E-state index is 0.291. The van der Waals surface area contributed by atoms with E-state index in [1.54, 1.807) is 31.3 Å². The van der Waals surface area contributed by atoms with Crippen molar-refractivity contribution in [3.8, 4) is 0 Å². The van der Waals surface area contributed by atoms with Gasteiger partial charge in [0.2, 0.25) is 5.91 Å². The number of benzene rings is 1. The van der Waals surface area contributed by atoms with Gasteiger partial charge in [0.15, 0.2) is 0 Å². The summed E-state index contributed by atoms with van der Waals surface area (Å²) in [7, 11) is 1.63. The van der Waals surface area contributed by atoms with E-state index in [0.717, 1.165) is 0 Å². The molecule has 1 aromatic heterocycles. The second-order valence-electron chi connectivity index (χ2n) is 4.84. The number of carboxylic acids is 1. The number of hydrogen-bond acceptors (Lipinski definition) is 4. The van der Waals surface area contributed by atoms with Gasteiger partial charge in [-0.3, -0.25) is 14.9 Å². The first-order chi connectivity index (χ1) is 10.6. The Labute approximate surface area is 128 Å². The lowest BCUT2D eigenvalue weighted by Gasteiger charge is -2.23. The Morgan fingerprint density at radius 1 is 1.23 bits per heavy atom. The molecule has 0 aliphatic carbocycles. The van der Waals surface area contributed by atoms with Gasteiger partial charge in [-0.25, -0.2) is 0 Å². The van der Waals surface area contributed by atoms with Crippen LogP contribution in [0, 0.1) is 0 Å². The number of furan rings is 1. The van der Waals surface area contributed by atoms with Crippen LogP contribution in [0.3, 0.4) is 0 Å². The van der Waals surface area contributed by atoms with E-state index in [1.165, 1.54) is 11.2 Å². The van der Waals surface area contributed by atoms with Gasteiger partial charge in [0.25, 0.3) is 0 Å². The molecule has 1 amide bonds. The van der Waals surface area contributed by atoms with Crippen molar-refractivity contribution < 1.29 is 19.1 Å². The fourth-order valence-corrected chi connectivity index (χ4v) is 2.07. The SMILES string of the molecule is CN(C(=O)[C@@H](CC(=O)O)NCc1ccco1)c1ccccc1. The summed E-state index contributed by atoms with van der Waals surface area (Å²) in [4.78, 5) is 25.0. The third-order valence-electron chi connectivity index (χ3n) is 3.25. The molecule has 22 heavy (non-hydrogen) atoms. The molecular formula is C16H18N2O4. The normalized spacial score (nSPS) is 11.9. The maximum absolute atomic E-state index is 12.5. The van der Waals surface area contributed by atoms with E-state index in [1.807, 2.05) is 18.2 Å². The van der Waals surface area contributed by atoms with Crippen LogP contribution < -0.4 is 10.2 Å². The van der Waals surface area contributed by atoms with E-state index in [0.29, 0.717) is 18.0 Å². The summed E-state index contributed by atoms with van der Waals surface area (Å²) in [5.41, 5.74) is 0.711. The molecule has 6 nitrogen and oxygen atoms in total. The topological polar surface area (TPSA) is 82.8 Å². The second-order valence-corrected chi connectivity index (χ2v) is 4.84. The number of nitrogens with one attached hydrogen (secondary N) is 1. The molecule has 0 saturated carbocycles. The van der Waals surface area contributed by atoms with Crippen LogP contribution in [0.15, 0.2) is 53.1 Å². The van der Waals surface area contributed by atoms with Crippen LogP contribution in [-0.4, -0.2) is 30.1 Å². The van der Waals surface area contributed by atoms with Crippen molar-refractivity contribution in [3.05, 3.63) is 54.5 Å². The molecule has 0 bridgehead atoms. The predicted octanol–water partition coefficient (Wildman–Crippen LogP) is 1.88. The number of carbonyl (C=O) groups excluding carboxylic acids is 1. The third-order valence-corrected chi connectivity index (χ3v) is 3.25. The summed E-state index contributed by atoms with van der Waals surface area (Å²) in [5.74, 6) is -0.697. The van der Waals surface area contributed by atoms with Gasteiger partial charge in [-0.05, 0) is 24.3 Å². The lowest BCUT2D eigenvalue weighted by Crippen LogP contribution is -2.46. The standard InChI is InChI=1S/C16H18N2O4/c1-18(12-6-3-2-4-7-12)16(21)14(10-15(19)20)17-11-13-8-5-9-22-13/h2-9,14,17H,10-11H2,1H3,(H,19,20)/t14-/m1/s1. The zero-order chi connectivity index (χ0) is 15.9. The number of carboxylic acid groups (broad SMARTS) is 1. The summed E-state index contributed by atoms with van der Waals surface area (Å²) in [6, 6.07) is 11.8. The number of rotatable bonds is 7. The number of aliphatic carboxylic acids is 1. The summed E-state index contributed by atoms with van der Waals surface area (Å²) >= 11 is 0. The molecule has 0 radical (unpaired) electrons. The first-order valence-corrected chi connectivity index (χ1v) is 6.88. The number of amides is 1. The average molecular weight is 302 g/mol. The van der Waals surface area contributed by atoms with E-state index < -0.39 is 12.0 Å². The highest BCUT2D eigenvalue weighted by Gasteiger charge is 2.25. The van der Waals surface area contributed by atoms with E-state index in [4.69, 9.17) is 9.52 Å². The molecule has 0 spiro atoms. The molecule has 2 N–H and O–H groups in total. The molecule has 0 fully saturated rings. The van der Waals surface area contributed by atoms with Crippen LogP contribution in [0.1, 0.15) is 12.2 Å². The summed E-state index contributed by atoms with van der Waals surface area (Å²) in [6.45, 7) is 0.291. The molecule has 2 aromatic rings. The molecule has 0 unspecified atom stereocenters. The van der Waals surface area contributed by atoms with Crippen molar-refractivity contribution in [1.29, 1.82) is 0 Å². The Balaban J connectivity index is 2.06.